The van der Waals surface area contributed by atoms with E-state index < -0.39 is 18.5 Å². The van der Waals surface area contributed by atoms with Crippen molar-refractivity contribution in [1.82, 2.24) is 5.48 Å². The predicted octanol–water partition coefficient (Wildman–Crippen LogP) is 1.85. The van der Waals surface area contributed by atoms with Crippen LogP contribution in [0.15, 0.2) is 22.7 Å². The van der Waals surface area contributed by atoms with Crippen molar-refractivity contribution in [2.45, 2.75) is 0 Å². The fourth-order valence-electron chi connectivity index (χ4n) is 0.907. The van der Waals surface area contributed by atoms with E-state index in [0.717, 1.165) is 0 Å². The lowest BCUT2D eigenvalue weighted by Crippen LogP contribution is -2.26. The molecule has 1 amide bonds. The van der Waals surface area contributed by atoms with E-state index in [1.54, 1.807) is 6.07 Å². The van der Waals surface area contributed by atoms with Gasteiger partial charge in [0.05, 0.1) is 0 Å². The number of hydroxylamine groups is 1. The van der Waals surface area contributed by atoms with Crippen molar-refractivity contribution in [3.8, 4) is 0 Å². The van der Waals surface area contributed by atoms with Crippen molar-refractivity contribution in [3.05, 3.63) is 33.3 Å². The van der Waals surface area contributed by atoms with Crippen LogP contribution in [0.25, 0.3) is 0 Å². The van der Waals surface area contributed by atoms with Gasteiger partial charge in [-0.15, -0.1) is 0 Å². The summed E-state index contributed by atoms with van der Waals surface area (Å²) in [5, 5.41) is 8.67. The van der Waals surface area contributed by atoms with Gasteiger partial charge in [0.1, 0.15) is 0 Å². The quantitative estimate of drug-likeness (QED) is 0.832. The standard InChI is InChI=1S/C9H7BrClNO4/c10-6-1-5(2-7(11)3-6)9(15)12-16-4-8(13)14/h1-3H,4H2,(H,12,15)(H,13,14). The Morgan fingerprint density at radius 2 is 2.12 bits per heavy atom. The lowest BCUT2D eigenvalue weighted by Gasteiger charge is -2.04. The Morgan fingerprint density at radius 1 is 1.44 bits per heavy atom. The Balaban J connectivity index is 2.62. The summed E-state index contributed by atoms with van der Waals surface area (Å²) in [4.78, 5) is 26.0. The number of rotatable bonds is 4. The summed E-state index contributed by atoms with van der Waals surface area (Å²) in [6.07, 6.45) is 0. The molecule has 0 aliphatic heterocycles. The van der Waals surface area contributed by atoms with Crippen molar-refractivity contribution < 1.29 is 19.5 Å². The maximum absolute atomic E-state index is 11.4. The van der Waals surface area contributed by atoms with Gasteiger partial charge in [-0.25, -0.2) is 10.3 Å². The van der Waals surface area contributed by atoms with Crippen molar-refractivity contribution in [3.63, 3.8) is 0 Å². The first-order chi connectivity index (χ1) is 7.49. The van der Waals surface area contributed by atoms with Crippen molar-refractivity contribution in [2.24, 2.45) is 0 Å². The number of aliphatic carboxylic acids is 1. The molecule has 5 nitrogen and oxygen atoms in total. The lowest BCUT2D eigenvalue weighted by atomic mass is 10.2. The number of amides is 1. The summed E-state index contributed by atoms with van der Waals surface area (Å²) in [5.41, 5.74) is 2.25. The van der Waals surface area contributed by atoms with Crippen LogP contribution < -0.4 is 5.48 Å². The average Bonchev–Trinajstić information content (AvgIpc) is 2.15. The Bertz CT molecular complexity index is 404. The smallest absolute Gasteiger partial charge is 0.332 e. The van der Waals surface area contributed by atoms with Crippen LogP contribution in [0.3, 0.4) is 0 Å². The molecule has 16 heavy (non-hydrogen) atoms. The molecule has 2 N–H and O–H groups in total. The normalized spacial score (nSPS) is 9.88. The molecule has 0 aliphatic carbocycles. The van der Waals surface area contributed by atoms with E-state index in [4.69, 9.17) is 16.7 Å². The Morgan fingerprint density at radius 3 is 2.69 bits per heavy atom. The molecule has 0 heterocycles. The molecule has 0 spiro atoms. The molecule has 0 aliphatic rings. The van der Waals surface area contributed by atoms with Gasteiger partial charge in [-0.1, -0.05) is 27.5 Å². The number of carbonyl (C=O) groups excluding carboxylic acids is 1. The molecule has 0 atom stereocenters. The summed E-state index contributed by atoms with van der Waals surface area (Å²) in [5.74, 6) is -1.74. The van der Waals surface area contributed by atoms with Crippen LogP contribution in [0.4, 0.5) is 0 Å². The largest absolute Gasteiger partial charge is 0.479 e. The van der Waals surface area contributed by atoms with Crippen LogP contribution in [0, 0.1) is 0 Å². The summed E-state index contributed by atoms with van der Waals surface area (Å²) in [6.45, 7) is -0.604. The highest BCUT2D eigenvalue weighted by molar-refractivity contribution is 9.10. The van der Waals surface area contributed by atoms with Crippen LogP contribution in [0.1, 0.15) is 10.4 Å². The van der Waals surface area contributed by atoms with Gasteiger partial charge in [0, 0.05) is 15.1 Å². The first-order valence-corrected chi connectivity index (χ1v) is 5.26. The molecule has 1 aromatic carbocycles. The van der Waals surface area contributed by atoms with Crippen molar-refractivity contribution in [1.29, 1.82) is 0 Å². The highest BCUT2D eigenvalue weighted by atomic mass is 79.9. The van der Waals surface area contributed by atoms with E-state index in [0.29, 0.717) is 9.50 Å². The maximum atomic E-state index is 11.4. The molecule has 1 aromatic rings. The first-order valence-electron chi connectivity index (χ1n) is 4.09. The highest BCUT2D eigenvalue weighted by Crippen LogP contribution is 2.19. The van der Waals surface area contributed by atoms with Gasteiger partial charge in [0.25, 0.3) is 5.91 Å². The lowest BCUT2D eigenvalue weighted by molar-refractivity contribution is -0.144. The summed E-state index contributed by atoms with van der Waals surface area (Å²) >= 11 is 8.91. The summed E-state index contributed by atoms with van der Waals surface area (Å²) in [7, 11) is 0. The zero-order valence-electron chi connectivity index (χ0n) is 7.87. The predicted molar refractivity (Wildman–Crippen MR) is 60.2 cm³/mol. The van der Waals surface area contributed by atoms with Gasteiger partial charge in [-0.05, 0) is 18.2 Å². The molecule has 0 radical (unpaired) electrons. The van der Waals surface area contributed by atoms with Gasteiger partial charge in [0.15, 0.2) is 6.61 Å². The third kappa shape index (κ3) is 4.18. The number of nitrogens with one attached hydrogen (secondary N) is 1. The molecule has 1 rings (SSSR count). The topological polar surface area (TPSA) is 75.6 Å². The molecule has 0 fully saturated rings. The number of hydrogen-bond acceptors (Lipinski definition) is 3. The Labute approximate surface area is 104 Å². The minimum Gasteiger partial charge on any atom is -0.479 e. The van der Waals surface area contributed by atoms with Crippen LogP contribution in [-0.2, 0) is 9.63 Å². The third-order valence-corrected chi connectivity index (χ3v) is 2.16. The number of hydrogen-bond donors (Lipinski definition) is 2. The fourth-order valence-corrected chi connectivity index (χ4v) is 1.77. The average molecular weight is 309 g/mol. The van der Waals surface area contributed by atoms with Crippen LogP contribution >= 0.6 is 27.5 Å². The minimum atomic E-state index is -1.17. The van der Waals surface area contributed by atoms with Crippen molar-refractivity contribution in [2.75, 3.05) is 6.61 Å². The van der Waals surface area contributed by atoms with Crippen LogP contribution in [0.2, 0.25) is 5.02 Å². The van der Waals surface area contributed by atoms with E-state index in [2.05, 4.69) is 20.8 Å². The molecule has 0 saturated heterocycles. The third-order valence-electron chi connectivity index (χ3n) is 1.49. The highest BCUT2D eigenvalue weighted by Gasteiger charge is 2.08. The van der Waals surface area contributed by atoms with Crippen molar-refractivity contribution >= 4 is 39.4 Å². The van der Waals surface area contributed by atoms with E-state index in [-0.39, 0.29) is 5.56 Å². The maximum Gasteiger partial charge on any atom is 0.332 e. The summed E-state index contributed by atoms with van der Waals surface area (Å²) < 4.78 is 0.642. The van der Waals surface area contributed by atoms with E-state index in [1.807, 2.05) is 5.48 Å². The Hall–Kier alpha value is -1.11. The van der Waals surface area contributed by atoms with Gasteiger partial charge in [-0.3, -0.25) is 9.63 Å². The van der Waals surface area contributed by atoms with E-state index in [9.17, 15) is 9.59 Å². The molecule has 0 saturated carbocycles. The molecule has 0 aromatic heterocycles. The molecular formula is C9H7BrClNO4. The Kier molecular flexibility index (Phi) is 4.72. The van der Waals surface area contributed by atoms with E-state index >= 15 is 0 Å². The number of carboxylic acids is 1. The number of carboxylic acid groups (broad SMARTS) is 1. The number of carbonyl (C=O) groups is 2. The molecule has 0 bridgehead atoms. The molecule has 86 valence electrons. The number of halogens is 2. The number of benzene rings is 1. The SMILES string of the molecule is O=C(O)CONC(=O)c1cc(Cl)cc(Br)c1. The molecular weight excluding hydrogens is 301 g/mol. The zero-order chi connectivity index (χ0) is 12.1. The second-order valence-electron chi connectivity index (χ2n) is 2.77. The summed E-state index contributed by atoms with van der Waals surface area (Å²) in [6, 6.07) is 4.59. The van der Waals surface area contributed by atoms with Gasteiger partial charge < -0.3 is 5.11 Å². The van der Waals surface area contributed by atoms with Gasteiger partial charge >= 0.3 is 5.97 Å². The second-order valence-corrected chi connectivity index (χ2v) is 4.12. The monoisotopic (exact) mass is 307 g/mol. The van der Waals surface area contributed by atoms with Gasteiger partial charge in [0.2, 0.25) is 0 Å². The zero-order valence-corrected chi connectivity index (χ0v) is 10.2. The van der Waals surface area contributed by atoms with Gasteiger partial charge in [-0.2, -0.15) is 0 Å². The molecule has 7 heteroatoms. The molecule has 0 unspecified atom stereocenters. The first kappa shape index (κ1) is 13.0. The van der Waals surface area contributed by atoms with Crippen LogP contribution in [-0.4, -0.2) is 23.6 Å². The van der Waals surface area contributed by atoms with E-state index in [1.165, 1.54) is 12.1 Å². The second kappa shape index (κ2) is 5.83. The minimum absolute atomic E-state index is 0.268. The van der Waals surface area contributed by atoms with Crippen LogP contribution in [0.5, 0.6) is 0 Å². The fraction of sp³-hybridized carbons (Fsp3) is 0.111.